The van der Waals surface area contributed by atoms with Gasteiger partial charge in [0.2, 0.25) is 0 Å². The van der Waals surface area contributed by atoms with Crippen LogP contribution in [0.15, 0.2) is 66.9 Å². The molecule has 1 amide bonds. The van der Waals surface area contributed by atoms with Crippen molar-refractivity contribution in [3.63, 3.8) is 0 Å². The first kappa shape index (κ1) is 24.5. The van der Waals surface area contributed by atoms with Gasteiger partial charge in [0.05, 0.1) is 6.04 Å². The van der Waals surface area contributed by atoms with Crippen LogP contribution < -0.4 is 10.6 Å². The van der Waals surface area contributed by atoms with Crippen molar-refractivity contribution in [2.24, 2.45) is 0 Å². The van der Waals surface area contributed by atoms with E-state index in [1.54, 1.807) is 0 Å². The van der Waals surface area contributed by atoms with Crippen molar-refractivity contribution in [3.8, 4) is 0 Å². The van der Waals surface area contributed by atoms with E-state index in [9.17, 15) is 14.4 Å². The maximum Gasteiger partial charge on any atom is 0.407 e. The third-order valence-corrected chi connectivity index (χ3v) is 5.16. The number of carboxylic acid groups (broad SMARTS) is 2. The zero-order valence-electron chi connectivity index (χ0n) is 18.5. The number of ether oxygens (including phenoxy) is 1. The lowest BCUT2D eigenvalue weighted by molar-refractivity contribution is -0.134. The largest absolute Gasteiger partial charge is 0.478 e. The molecule has 0 unspecified atom stereocenters. The number of hydrogen-bond acceptors (Lipinski definition) is 5. The van der Waals surface area contributed by atoms with Crippen LogP contribution in [-0.4, -0.2) is 52.4 Å². The van der Waals surface area contributed by atoms with Crippen LogP contribution in [0.2, 0.25) is 0 Å². The lowest BCUT2D eigenvalue weighted by Gasteiger charge is -2.08. The van der Waals surface area contributed by atoms with Crippen molar-refractivity contribution in [1.29, 1.82) is 0 Å². The van der Waals surface area contributed by atoms with E-state index in [1.807, 2.05) is 6.07 Å². The zero-order valence-corrected chi connectivity index (χ0v) is 18.5. The quantitative estimate of drug-likeness (QED) is 0.242. The van der Waals surface area contributed by atoms with E-state index in [2.05, 4.69) is 64.3 Å². The predicted octanol–water partition coefficient (Wildman–Crippen LogP) is 2.86. The molecule has 34 heavy (non-hydrogen) atoms. The van der Waals surface area contributed by atoms with Gasteiger partial charge in [-0.05, 0) is 48.2 Å². The topological polar surface area (TPSA) is 141 Å². The Bertz CT molecular complexity index is 1140. The number of aliphatic carboxylic acids is 2. The second-order valence-corrected chi connectivity index (χ2v) is 7.76. The van der Waals surface area contributed by atoms with Crippen LogP contribution in [-0.2, 0) is 33.7 Å². The molecule has 9 heteroatoms. The molecule has 1 atom stereocenters. The summed E-state index contributed by atoms with van der Waals surface area (Å²) in [6, 6.07) is 17.0. The van der Waals surface area contributed by atoms with E-state index >= 15 is 0 Å². The highest BCUT2D eigenvalue weighted by Gasteiger charge is 2.22. The molecule has 1 aliphatic rings. The Labute approximate surface area is 196 Å². The fraction of sp³-hybridized carbons (Fsp3) is 0.240. The van der Waals surface area contributed by atoms with Gasteiger partial charge in [-0.2, -0.15) is 0 Å². The number of nitrogens with one attached hydrogen (secondary N) is 3. The molecular formula is C25H27N3O6. The van der Waals surface area contributed by atoms with Gasteiger partial charge < -0.3 is 30.6 Å². The van der Waals surface area contributed by atoms with Crippen molar-refractivity contribution < 1.29 is 29.3 Å². The highest BCUT2D eigenvalue weighted by molar-refractivity contribution is 5.89. The van der Waals surface area contributed by atoms with E-state index in [0.717, 1.165) is 31.4 Å². The average Bonchev–Trinajstić information content (AvgIpc) is 3.42. The van der Waals surface area contributed by atoms with Crippen LogP contribution in [0, 0.1) is 0 Å². The fourth-order valence-corrected chi connectivity index (χ4v) is 3.57. The summed E-state index contributed by atoms with van der Waals surface area (Å²) < 4.78 is 4.97. The zero-order chi connectivity index (χ0) is 24.3. The Kier molecular flexibility index (Phi) is 8.81. The van der Waals surface area contributed by atoms with E-state index in [4.69, 9.17) is 14.9 Å². The molecule has 0 bridgehead atoms. The van der Waals surface area contributed by atoms with Crippen molar-refractivity contribution in [2.45, 2.75) is 25.4 Å². The highest BCUT2D eigenvalue weighted by Crippen LogP contribution is 2.21. The summed E-state index contributed by atoms with van der Waals surface area (Å²) in [4.78, 5) is 33.6. The number of hydrogen-bond donors (Lipinski definition) is 5. The minimum atomic E-state index is -1.26. The monoisotopic (exact) mass is 465 g/mol. The van der Waals surface area contributed by atoms with Crippen molar-refractivity contribution >= 4 is 28.9 Å². The molecule has 178 valence electrons. The van der Waals surface area contributed by atoms with Gasteiger partial charge >= 0.3 is 18.0 Å². The van der Waals surface area contributed by atoms with Crippen LogP contribution in [0.4, 0.5) is 4.79 Å². The van der Waals surface area contributed by atoms with Gasteiger partial charge in [-0.3, -0.25) is 0 Å². The molecule has 1 saturated heterocycles. The standard InChI is InChI=1S/C21H23N3O2.C4H4O4/c25-21-24-18(14-26-21)10-16-6-7-20-19(11-16)17(13-23-20)8-9-22-12-15-4-2-1-3-5-15;5-3(6)1-2-4(7)8/h1-7,11,13,18,22-23H,8-10,12,14H2,(H,24,25);1-2H,(H,5,6)(H,7,8)/t18-;/m0./s1. The van der Waals surface area contributed by atoms with Gasteiger partial charge in [0.1, 0.15) is 6.61 Å². The van der Waals surface area contributed by atoms with Crippen LogP contribution >= 0.6 is 0 Å². The second-order valence-electron chi connectivity index (χ2n) is 7.76. The number of fused-ring (bicyclic) bond motifs is 1. The van der Waals surface area contributed by atoms with E-state index in [1.165, 1.54) is 22.1 Å². The molecule has 4 rings (SSSR count). The molecule has 1 aliphatic heterocycles. The fourth-order valence-electron chi connectivity index (χ4n) is 3.57. The maximum atomic E-state index is 11.2. The minimum absolute atomic E-state index is 0.0647. The van der Waals surface area contributed by atoms with E-state index < -0.39 is 11.9 Å². The van der Waals surface area contributed by atoms with Crippen molar-refractivity contribution in [1.82, 2.24) is 15.6 Å². The van der Waals surface area contributed by atoms with Crippen LogP contribution in [0.3, 0.4) is 0 Å². The molecule has 3 aromatic rings. The van der Waals surface area contributed by atoms with Crippen LogP contribution in [0.5, 0.6) is 0 Å². The van der Waals surface area contributed by atoms with Gasteiger partial charge in [-0.25, -0.2) is 14.4 Å². The summed E-state index contributed by atoms with van der Waals surface area (Å²) in [5, 5.41) is 23.2. The number of carbonyl (C=O) groups is 3. The van der Waals surface area contributed by atoms with Crippen molar-refractivity contribution in [3.05, 3.63) is 83.6 Å². The molecule has 5 N–H and O–H groups in total. The lowest BCUT2D eigenvalue weighted by atomic mass is 10.0. The van der Waals surface area contributed by atoms with Gasteiger partial charge in [0, 0.05) is 35.8 Å². The first-order valence-electron chi connectivity index (χ1n) is 10.8. The summed E-state index contributed by atoms with van der Waals surface area (Å²) >= 11 is 0. The number of carboxylic acids is 2. The lowest BCUT2D eigenvalue weighted by Crippen LogP contribution is -2.28. The number of amides is 1. The maximum absolute atomic E-state index is 11.2. The number of benzene rings is 2. The molecule has 2 aromatic carbocycles. The number of cyclic esters (lactones) is 1. The predicted molar refractivity (Wildman–Crippen MR) is 127 cm³/mol. The normalized spacial score (nSPS) is 14.9. The molecule has 1 aromatic heterocycles. The number of rotatable bonds is 9. The summed E-state index contributed by atoms with van der Waals surface area (Å²) in [7, 11) is 0. The third kappa shape index (κ3) is 7.79. The number of aromatic amines is 1. The van der Waals surface area contributed by atoms with E-state index in [-0.39, 0.29) is 12.1 Å². The third-order valence-electron chi connectivity index (χ3n) is 5.16. The van der Waals surface area contributed by atoms with Crippen LogP contribution in [0.1, 0.15) is 16.7 Å². The van der Waals surface area contributed by atoms with Gasteiger partial charge in [-0.15, -0.1) is 0 Å². The summed E-state index contributed by atoms with van der Waals surface area (Å²) in [5.41, 5.74) is 4.98. The Morgan fingerprint density at radius 2 is 1.79 bits per heavy atom. The number of carbonyl (C=O) groups excluding carboxylic acids is 1. The van der Waals surface area contributed by atoms with E-state index in [0.29, 0.717) is 18.8 Å². The summed E-state index contributed by atoms with van der Waals surface area (Å²) in [6.07, 6.45) is 4.66. The van der Waals surface area contributed by atoms with Crippen molar-refractivity contribution in [2.75, 3.05) is 13.2 Å². The second kappa shape index (κ2) is 12.2. The molecule has 0 saturated carbocycles. The summed E-state index contributed by atoms with van der Waals surface area (Å²) in [5.74, 6) is -2.51. The smallest absolute Gasteiger partial charge is 0.407 e. The number of alkyl carbamates (subject to hydrolysis) is 1. The summed E-state index contributed by atoms with van der Waals surface area (Å²) in [6.45, 7) is 2.26. The molecule has 1 fully saturated rings. The van der Waals surface area contributed by atoms with Gasteiger partial charge in [0.15, 0.2) is 0 Å². The Morgan fingerprint density at radius 3 is 2.44 bits per heavy atom. The average molecular weight is 466 g/mol. The SMILES string of the molecule is O=C(O)C=CC(=O)O.O=C1N[C@@H](Cc2ccc3[nH]cc(CCNCc4ccccc4)c3c2)CO1. The first-order valence-corrected chi connectivity index (χ1v) is 10.8. The van der Waals surface area contributed by atoms with Gasteiger partial charge in [0.25, 0.3) is 0 Å². The Balaban J connectivity index is 0.000000350. The van der Waals surface area contributed by atoms with Crippen LogP contribution in [0.25, 0.3) is 10.9 Å². The first-order chi connectivity index (χ1) is 16.4. The van der Waals surface area contributed by atoms with Gasteiger partial charge in [-0.1, -0.05) is 36.4 Å². The molecular weight excluding hydrogens is 438 g/mol. The molecule has 0 radical (unpaired) electrons. The number of aromatic nitrogens is 1. The Morgan fingerprint density at radius 1 is 1.06 bits per heavy atom. The molecule has 9 nitrogen and oxygen atoms in total. The minimum Gasteiger partial charge on any atom is -0.478 e. The highest BCUT2D eigenvalue weighted by atomic mass is 16.6. The molecule has 2 heterocycles. The number of H-pyrrole nitrogens is 1. The Hall–Kier alpha value is -4.11. The molecule has 0 spiro atoms. The molecule has 0 aliphatic carbocycles.